The summed E-state index contributed by atoms with van der Waals surface area (Å²) in [7, 11) is 6.02. The molecule has 0 aromatic heterocycles. The number of nitrogens with two attached hydrogens (primary N) is 1. The van der Waals surface area contributed by atoms with Crippen molar-refractivity contribution in [1.29, 1.82) is 0 Å². The number of hydrogen-bond acceptors (Lipinski definition) is 14. The fraction of sp³-hybridized carbons (Fsp3) is 0.400. The molecule has 1 heterocycles. The predicted octanol–water partition coefficient (Wildman–Crippen LogP) is 9.14. The van der Waals surface area contributed by atoms with Crippen LogP contribution in [-0.4, -0.2) is 162 Å². The van der Waals surface area contributed by atoms with Crippen LogP contribution >= 0.6 is 141 Å². The number of carboxylic acid groups (broad SMARTS) is 1. The molecule has 539 valence electrons. The molecule has 0 bridgehead atoms. The summed E-state index contributed by atoms with van der Waals surface area (Å²) in [5.41, 5.74) is 10.6. The SMILES string of the molecule is C1CCOC1.CC(Cl)CNCCc1ccc(Cl)cc1.CC(O)CN.CC(O)CNC(=O)Cc1ccc(Cl)cc1.CC(O)CNC(=O)Cc1ccc(Cl)cc1.CC(O)CNCCc1ccc(Cl)cc1.Cl.II.O=C(O)Cc1ccc(Cl)cc1.O=S(Cl)Cl.OB(O)c1ccccc1.[B].[H-].[Na+]. The number of carboxylic acids is 1. The average molecular weight is 1790 g/mol. The van der Waals surface area contributed by atoms with Crippen LogP contribution in [-0.2, 0) is 60.5 Å². The molecule has 0 spiro atoms. The molecule has 3 radical (unpaired) electrons. The van der Waals surface area contributed by atoms with Gasteiger partial charge in [-0.3, -0.25) is 14.4 Å². The van der Waals surface area contributed by atoms with Gasteiger partial charge in [0.2, 0.25) is 21.0 Å². The first-order valence-electron chi connectivity index (χ1n) is 29.3. The molecule has 13 N–H and O–H groups in total. The van der Waals surface area contributed by atoms with E-state index in [4.69, 9.17) is 120 Å². The van der Waals surface area contributed by atoms with Gasteiger partial charge in [-0.05, 0) is 167 Å². The molecule has 5 atom stereocenters. The summed E-state index contributed by atoms with van der Waals surface area (Å²) in [5, 5.41) is 76.1. The number of nitrogens with one attached hydrogen (secondary N) is 4. The molecule has 17 nitrogen and oxygen atoms in total. The van der Waals surface area contributed by atoms with E-state index in [9.17, 15) is 14.4 Å². The number of amides is 2. The molecule has 1 saturated heterocycles. The maximum atomic E-state index is 11.3. The van der Waals surface area contributed by atoms with Gasteiger partial charge in [0.1, 0.15) is 0 Å². The second kappa shape index (κ2) is 71.7. The quantitative estimate of drug-likeness (QED) is 0.00992. The molecule has 6 aromatic rings. The van der Waals surface area contributed by atoms with Crippen molar-refractivity contribution in [2.24, 2.45) is 5.73 Å². The molecular weight excluding hydrogens is 1690 g/mol. The zero-order valence-electron chi connectivity index (χ0n) is 56.1. The number of rotatable bonds is 22. The van der Waals surface area contributed by atoms with E-state index in [1.54, 1.807) is 100 Å². The van der Waals surface area contributed by atoms with Gasteiger partial charge in [0.25, 0.3) is 0 Å². The van der Waals surface area contributed by atoms with Crippen LogP contribution in [0.2, 0.25) is 25.1 Å². The van der Waals surface area contributed by atoms with Gasteiger partial charge >= 0.3 is 42.6 Å². The first kappa shape index (κ1) is 107. The summed E-state index contributed by atoms with van der Waals surface area (Å²) >= 11 is 38.6. The van der Waals surface area contributed by atoms with E-state index in [0.717, 1.165) is 72.4 Å². The van der Waals surface area contributed by atoms with E-state index in [1.807, 2.05) is 85.8 Å². The third-order valence-corrected chi connectivity index (χ3v) is 12.6. The number of carbonyl (C=O) groups is 3. The van der Waals surface area contributed by atoms with E-state index in [1.165, 1.54) is 24.0 Å². The summed E-state index contributed by atoms with van der Waals surface area (Å²) in [6, 6.07) is 45.4. The molecule has 1 fully saturated rings. The Kier molecular flexibility index (Phi) is 78.8. The van der Waals surface area contributed by atoms with Crippen molar-refractivity contribution in [3.8, 4) is 0 Å². The topological polar surface area (TPSA) is 293 Å². The van der Waals surface area contributed by atoms with Gasteiger partial charge in [0.05, 0.1) is 43.7 Å². The van der Waals surface area contributed by atoms with E-state index < -0.39 is 34.5 Å². The van der Waals surface area contributed by atoms with Gasteiger partial charge in [-0.1, -0.05) is 149 Å². The molecule has 0 aliphatic carbocycles. The summed E-state index contributed by atoms with van der Waals surface area (Å²) in [6.07, 6.45) is 3.56. The molecule has 2 amide bonds. The molecule has 7 rings (SSSR count). The first-order chi connectivity index (χ1) is 44.5. The van der Waals surface area contributed by atoms with Crippen LogP contribution in [0.3, 0.4) is 0 Å². The molecule has 97 heavy (non-hydrogen) atoms. The number of hydrogen-bond donors (Lipinski definition) is 12. The molecule has 1 aliphatic heterocycles. The minimum Gasteiger partial charge on any atom is -1.00 e. The molecule has 0 saturated carbocycles. The number of ether oxygens (including phenoxy) is 1. The third kappa shape index (κ3) is 75.7. The smallest absolute Gasteiger partial charge is 1.00 e. The van der Waals surface area contributed by atoms with E-state index in [2.05, 4.69) is 79.9 Å². The van der Waals surface area contributed by atoms with Crippen LogP contribution in [0.1, 0.15) is 76.7 Å². The Morgan fingerprint density at radius 3 is 1.04 bits per heavy atom. The number of halogens is 11. The van der Waals surface area contributed by atoms with Crippen LogP contribution in [0.25, 0.3) is 0 Å². The Morgan fingerprint density at radius 1 is 0.536 bits per heavy atom. The zero-order valence-corrected chi connectivity index (χ0v) is 69.1. The minimum absolute atomic E-state index is 0. The number of alkyl halides is 1. The fourth-order valence-corrected chi connectivity index (χ4v) is 7.25. The normalized spacial score (nSPS) is 11.8. The second-order valence-corrected chi connectivity index (χ2v) is 25.7. The Morgan fingerprint density at radius 2 is 0.814 bits per heavy atom. The molecule has 1 aliphatic rings. The van der Waals surface area contributed by atoms with Crippen LogP contribution in [0.15, 0.2) is 152 Å². The summed E-state index contributed by atoms with van der Waals surface area (Å²) in [6.45, 7) is 14.9. The molecule has 32 heteroatoms. The van der Waals surface area contributed by atoms with Gasteiger partial charge in [-0.25, -0.2) is 4.21 Å². The number of benzene rings is 6. The largest absolute Gasteiger partial charge is 1.00 e. The van der Waals surface area contributed by atoms with Crippen molar-refractivity contribution in [2.45, 2.75) is 109 Å². The van der Waals surface area contributed by atoms with Crippen molar-refractivity contribution < 1.29 is 89.9 Å². The van der Waals surface area contributed by atoms with E-state index >= 15 is 0 Å². The third-order valence-electron chi connectivity index (χ3n) is 11.2. The summed E-state index contributed by atoms with van der Waals surface area (Å²) in [5.74, 6) is -1.02. The van der Waals surface area contributed by atoms with Crippen LogP contribution in [0, 0.1) is 0 Å². The van der Waals surface area contributed by atoms with Crippen molar-refractivity contribution in [2.75, 3.05) is 59.0 Å². The Hall–Kier alpha value is -1.32. The van der Waals surface area contributed by atoms with Crippen molar-refractivity contribution >= 4 is 189 Å². The van der Waals surface area contributed by atoms with Crippen molar-refractivity contribution in [3.63, 3.8) is 0 Å². The number of aliphatic hydroxyl groups is 4. The Balaban J connectivity index is -0.000000193. The van der Waals surface area contributed by atoms with E-state index in [0.29, 0.717) is 46.5 Å². The number of carbonyl (C=O) groups excluding carboxylic acids is 2. The van der Waals surface area contributed by atoms with Crippen LogP contribution in [0.4, 0.5) is 0 Å². The van der Waals surface area contributed by atoms with E-state index in [-0.39, 0.29) is 101 Å². The van der Waals surface area contributed by atoms with Gasteiger partial charge in [-0.15, -0.1) is 24.0 Å². The molecular formula is C65H92B2Cl9I2N5NaO12S. The van der Waals surface area contributed by atoms with Crippen LogP contribution < -0.4 is 62.0 Å². The standard InChI is InChI=1S/C11H15Cl2N.2C11H14ClNO2.C11H16ClNO.C8H7ClO2.C6H7BO2.C4H8O.C3H9NO.B.Cl2OS.ClH.I2.Na.H/c1-9(12)8-14-7-6-10-2-4-11(13)5-3-10;2*1-8(14)7-13-11(15)6-9-2-4-10(12)5-3-9;1-9(14)8-13-7-6-10-2-4-11(12)5-3-10;9-7-3-1-6(2-4-7)5-8(10)11;8-7(9)6-4-2-1-3-5-6;1-2-4-5-3-1;1-3(5)2-4;;1-4(2)3;;1-2;;/h2-5,9,14H,6-8H2,1H3;2*2-5,8,14H,6-7H2,1H3,(H,13,15);2-5,9,13-14H,6-8H2,1H3;1-4H,5H2,(H,10,11);1-5,8-9H;1-4H2;3,5H,2,4H2,1H3;;;1H;;;/q;;;;;;;;;;;;+1;-1. The Bertz CT molecular complexity index is 2690. The van der Waals surface area contributed by atoms with Crippen LogP contribution in [0.5, 0.6) is 0 Å². The summed E-state index contributed by atoms with van der Waals surface area (Å²) in [4.78, 5) is 32.9. The fourth-order valence-electron chi connectivity index (χ4n) is 6.52. The van der Waals surface area contributed by atoms with Gasteiger partial charge in [-0.2, -0.15) is 0 Å². The van der Waals surface area contributed by atoms with Crippen molar-refractivity contribution in [3.05, 3.63) is 205 Å². The minimum atomic E-state index is -1.67. The predicted molar refractivity (Wildman–Crippen MR) is 425 cm³/mol. The maximum absolute atomic E-state index is 11.3. The van der Waals surface area contributed by atoms with Gasteiger partial charge in [0, 0.05) is 143 Å². The monoisotopic (exact) mass is 1780 g/mol. The van der Waals surface area contributed by atoms with Gasteiger partial charge in [0.15, 0.2) is 0 Å². The first-order valence-corrected chi connectivity index (χ1v) is 40.8. The average Bonchev–Trinajstić information content (AvgIpc) is 1.19. The number of aliphatic hydroxyl groups excluding tert-OH is 4. The number of aliphatic carboxylic acids is 1. The van der Waals surface area contributed by atoms with Crippen molar-refractivity contribution in [1.82, 2.24) is 21.3 Å². The zero-order chi connectivity index (χ0) is 71.7. The Labute approximate surface area is 671 Å². The molecule has 6 aromatic carbocycles. The second-order valence-electron chi connectivity index (χ2n) is 20.3. The van der Waals surface area contributed by atoms with Gasteiger partial charge < -0.3 is 68.7 Å². The summed E-state index contributed by atoms with van der Waals surface area (Å²) < 4.78 is 14.0. The molecule has 5 unspecified atom stereocenters. The maximum Gasteiger partial charge on any atom is 1.00 e.